The van der Waals surface area contributed by atoms with Gasteiger partial charge in [-0.25, -0.2) is 0 Å². The Morgan fingerprint density at radius 1 is 1.33 bits per heavy atom. The summed E-state index contributed by atoms with van der Waals surface area (Å²) < 4.78 is 10.9. The molecule has 1 amide bonds. The molecule has 128 valence electrons. The Labute approximate surface area is 141 Å². The molecule has 3 rings (SSSR count). The molecule has 0 radical (unpaired) electrons. The SMILES string of the molecule is CC(C)CCc1noc(COc2ccc(C3CCC(=O)N3)cc2)n1. The number of nitrogens with one attached hydrogen (secondary N) is 1. The molecule has 1 aromatic heterocycles. The standard InChI is InChI=1S/C18H23N3O3/c1-12(2)3-9-16-20-18(24-21-16)11-23-14-6-4-13(5-7-14)15-8-10-17(22)19-15/h4-7,12,15H,3,8-11H2,1-2H3,(H,19,22). The largest absolute Gasteiger partial charge is 0.484 e. The molecule has 1 aromatic carbocycles. The molecule has 1 N–H and O–H groups in total. The zero-order chi connectivity index (χ0) is 16.9. The molecule has 1 atom stereocenters. The van der Waals surface area contributed by atoms with Gasteiger partial charge < -0.3 is 14.6 Å². The van der Waals surface area contributed by atoms with Gasteiger partial charge in [-0.05, 0) is 36.5 Å². The number of amides is 1. The molecule has 24 heavy (non-hydrogen) atoms. The van der Waals surface area contributed by atoms with E-state index >= 15 is 0 Å². The Kier molecular flexibility index (Phi) is 5.13. The minimum Gasteiger partial charge on any atom is -0.484 e. The fourth-order valence-corrected chi connectivity index (χ4v) is 2.67. The summed E-state index contributed by atoms with van der Waals surface area (Å²) in [5, 5.41) is 6.92. The first-order chi connectivity index (χ1) is 11.6. The Hall–Kier alpha value is -2.37. The summed E-state index contributed by atoms with van der Waals surface area (Å²) in [5.41, 5.74) is 1.10. The van der Waals surface area contributed by atoms with Gasteiger partial charge in [0.2, 0.25) is 5.91 Å². The summed E-state index contributed by atoms with van der Waals surface area (Å²) in [4.78, 5) is 15.6. The van der Waals surface area contributed by atoms with Crippen LogP contribution < -0.4 is 10.1 Å². The summed E-state index contributed by atoms with van der Waals surface area (Å²) in [7, 11) is 0. The van der Waals surface area contributed by atoms with Gasteiger partial charge in [-0.1, -0.05) is 31.1 Å². The Morgan fingerprint density at radius 2 is 2.12 bits per heavy atom. The van der Waals surface area contributed by atoms with Crippen LogP contribution in [0.15, 0.2) is 28.8 Å². The highest BCUT2D eigenvalue weighted by molar-refractivity contribution is 5.78. The molecule has 1 unspecified atom stereocenters. The molecule has 2 aromatic rings. The van der Waals surface area contributed by atoms with Crippen molar-refractivity contribution < 1.29 is 14.1 Å². The van der Waals surface area contributed by atoms with E-state index in [0.717, 1.165) is 36.4 Å². The van der Waals surface area contributed by atoms with Gasteiger partial charge in [-0.15, -0.1) is 0 Å². The van der Waals surface area contributed by atoms with Crippen LogP contribution in [0.5, 0.6) is 5.75 Å². The van der Waals surface area contributed by atoms with Gasteiger partial charge in [0.25, 0.3) is 5.89 Å². The highest BCUT2D eigenvalue weighted by Gasteiger charge is 2.21. The summed E-state index contributed by atoms with van der Waals surface area (Å²) in [6.45, 7) is 4.60. The quantitative estimate of drug-likeness (QED) is 0.844. The number of carbonyl (C=O) groups is 1. The van der Waals surface area contributed by atoms with Crippen molar-refractivity contribution in [3.63, 3.8) is 0 Å². The van der Waals surface area contributed by atoms with Gasteiger partial charge in [0.05, 0.1) is 6.04 Å². The average molecular weight is 329 g/mol. The first-order valence-corrected chi connectivity index (χ1v) is 8.44. The minimum atomic E-state index is 0.116. The number of rotatable bonds is 7. The second-order valence-corrected chi connectivity index (χ2v) is 6.55. The van der Waals surface area contributed by atoms with E-state index in [1.165, 1.54) is 0 Å². The number of aromatic nitrogens is 2. The van der Waals surface area contributed by atoms with Crippen molar-refractivity contribution in [3.8, 4) is 5.75 Å². The van der Waals surface area contributed by atoms with Gasteiger partial charge in [0.1, 0.15) is 5.75 Å². The van der Waals surface area contributed by atoms with Crippen LogP contribution in [0.2, 0.25) is 0 Å². The number of nitrogens with zero attached hydrogens (tertiary/aromatic N) is 2. The molecule has 1 fully saturated rings. The minimum absolute atomic E-state index is 0.116. The maximum Gasteiger partial charge on any atom is 0.264 e. The van der Waals surface area contributed by atoms with E-state index in [4.69, 9.17) is 9.26 Å². The molecule has 1 aliphatic rings. The first kappa shape index (κ1) is 16.5. The predicted molar refractivity (Wildman–Crippen MR) is 88.3 cm³/mol. The van der Waals surface area contributed by atoms with Crippen molar-refractivity contribution in [2.45, 2.75) is 52.2 Å². The van der Waals surface area contributed by atoms with Crippen LogP contribution in [0.4, 0.5) is 0 Å². The maximum atomic E-state index is 11.3. The summed E-state index contributed by atoms with van der Waals surface area (Å²) in [5.74, 6) is 2.69. The van der Waals surface area contributed by atoms with Gasteiger partial charge in [-0.2, -0.15) is 4.98 Å². The lowest BCUT2D eigenvalue weighted by molar-refractivity contribution is -0.119. The van der Waals surface area contributed by atoms with Crippen molar-refractivity contribution in [2.75, 3.05) is 0 Å². The van der Waals surface area contributed by atoms with Gasteiger partial charge in [-0.3, -0.25) is 4.79 Å². The molecule has 0 saturated carbocycles. The van der Waals surface area contributed by atoms with Crippen LogP contribution in [0.25, 0.3) is 0 Å². The molecular weight excluding hydrogens is 306 g/mol. The lowest BCUT2D eigenvalue weighted by Gasteiger charge is -2.11. The fraction of sp³-hybridized carbons (Fsp3) is 0.500. The summed E-state index contributed by atoms with van der Waals surface area (Å²) in [6, 6.07) is 7.87. The number of aryl methyl sites for hydroxylation is 1. The van der Waals surface area contributed by atoms with E-state index in [9.17, 15) is 4.79 Å². The number of benzene rings is 1. The lowest BCUT2D eigenvalue weighted by atomic mass is 10.1. The van der Waals surface area contributed by atoms with Crippen LogP contribution in [-0.2, 0) is 17.8 Å². The average Bonchev–Trinajstić information content (AvgIpc) is 3.20. The molecule has 0 aliphatic carbocycles. The van der Waals surface area contributed by atoms with Crippen molar-refractivity contribution in [1.82, 2.24) is 15.5 Å². The molecular formula is C18H23N3O3. The van der Waals surface area contributed by atoms with Crippen molar-refractivity contribution in [3.05, 3.63) is 41.5 Å². The fourth-order valence-electron chi connectivity index (χ4n) is 2.67. The maximum absolute atomic E-state index is 11.3. The first-order valence-electron chi connectivity index (χ1n) is 8.44. The molecule has 6 nitrogen and oxygen atoms in total. The normalized spacial score (nSPS) is 17.3. The zero-order valence-corrected chi connectivity index (χ0v) is 14.1. The molecule has 1 saturated heterocycles. The molecule has 0 spiro atoms. The topological polar surface area (TPSA) is 77.2 Å². The van der Waals surface area contributed by atoms with E-state index in [1.54, 1.807) is 0 Å². The smallest absolute Gasteiger partial charge is 0.264 e. The molecule has 0 bridgehead atoms. The Morgan fingerprint density at radius 3 is 2.79 bits per heavy atom. The van der Waals surface area contributed by atoms with Gasteiger partial charge >= 0.3 is 0 Å². The second kappa shape index (κ2) is 7.47. The molecule has 6 heteroatoms. The predicted octanol–water partition coefficient (Wildman–Crippen LogP) is 3.19. The Balaban J connectivity index is 1.50. The molecule has 1 aliphatic heterocycles. The lowest BCUT2D eigenvalue weighted by Crippen LogP contribution is -2.18. The van der Waals surface area contributed by atoms with E-state index in [2.05, 4.69) is 29.3 Å². The van der Waals surface area contributed by atoms with E-state index < -0.39 is 0 Å². The van der Waals surface area contributed by atoms with Crippen LogP contribution in [0, 0.1) is 5.92 Å². The highest BCUT2D eigenvalue weighted by atomic mass is 16.5. The van der Waals surface area contributed by atoms with Crippen LogP contribution in [0.3, 0.4) is 0 Å². The van der Waals surface area contributed by atoms with E-state index in [0.29, 0.717) is 18.2 Å². The number of hydrogen-bond acceptors (Lipinski definition) is 5. The van der Waals surface area contributed by atoms with Crippen LogP contribution >= 0.6 is 0 Å². The van der Waals surface area contributed by atoms with Gasteiger partial charge in [0, 0.05) is 12.8 Å². The second-order valence-electron chi connectivity index (χ2n) is 6.55. The highest BCUT2D eigenvalue weighted by Crippen LogP contribution is 2.25. The van der Waals surface area contributed by atoms with E-state index in [-0.39, 0.29) is 18.6 Å². The molecule has 2 heterocycles. The summed E-state index contributed by atoms with van der Waals surface area (Å²) >= 11 is 0. The Bertz CT molecular complexity index is 679. The van der Waals surface area contributed by atoms with Gasteiger partial charge in [0.15, 0.2) is 12.4 Å². The number of ether oxygens (including phenoxy) is 1. The van der Waals surface area contributed by atoms with Crippen molar-refractivity contribution in [2.24, 2.45) is 5.92 Å². The van der Waals surface area contributed by atoms with Crippen LogP contribution in [0.1, 0.15) is 56.4 Å². The van der Waals surface area contributed by atoms with Crippen LogP contribution in [-0.4, -0.2) is 16.0 Å². The third kappa shape index (κ3) is 4.34. The van der Waals surface area contributed by atoms with Crippen molar-refractivity contribution >= 4 is 5.91 Å². The van der Waals surface area contributed by atoms with Crippen molar-refractivity contribution in [1.29, 1.82) is 0 Å². The number of hydrogen-bond donors (Lipinski definition) is 1. The zero-order valence-electron chi connectivity index (χ0n) is 14.1. The third-order valence-electron chi connectivity index (χ3n) is 4.10. The monoisotopic (exact) mass is 329 g/mol. The van der Waals surface area contributed by atoms with E-state index in [1.807, 2.05) is 24.3 Å². The number of carbonyl (C=O) groups excluding carboxylic acids is 1. The third-order valence-corrected chi connectivity index (χ3v) is 4.10. The summed E-state index contributed by atoms with van der Waals surface area (Å²) in [6.07, 6.45) is 3.31.